The summed E-state index contributed by atoms with van der Waals surface area (Å²) in [7, 11) is 1.28. The van der Waals surface area contributed by atoms with Crippen LogP contribution in [0.5, 0.6) is 0 Å². The Labute approximate surface area is 58.8 Å². The minimum absolute atomic E-state index is 0.529. The summed E-state index contributed by atoms with van der Waals surface area (Å²) < 4.78 is 4.33. The van der Waals surface area contributed by atoms with Crippen molar-refractivity contribution >= 4 is 6.09 Å². The van der Waals surface area contributed by atoms with Gasteiger partial charge in [0.15, 0.2) is 0 Å². The van der Waals surface area contributed by atoms with Crippen molar-refractivity contribution in [3.63, 3.8) is 0 Å². The first kappa shape index (κ1) is 6.87. The van der Waals surface area contributed by atoms with Crippen LogP contribution in [0.25, 0.3) is 0 Å². The molecule has 0 spiro atoms. The molecule has 0 radical (unpaired) electrons. The topological polar surface area (TPSA) is 62.1 Å². The molecule has 0 bridgehead atoms. The molecule has 1 saturated carbocycles. The number of amides is 1. The zero-order valence-electron chi connectivity index (χ0n) is 5.68. The molecule has 10 heavy (non-hydrogen) atoms. The number of carbonyl (C=O) groups excluding carboxylic acids is 1. The maximum absolute atomic E-state index is 10.5. The summed E-state index contributed by atoms with van der Waals surface area (Å²) in [6.45, 7) is 0. The summed E-state index contributed by atoms with van der Waals surface area (Å²) in [6, 6.07) is 2.01. The SMILES string of the molecule is COC(=O)NC1(C#N)CC1. The van der Waals surface area contributed by atoms with Gasteiger partial charge in [-0.25, -0.2) is 4.79 Å². The second kappa shape index (κ2) is 2.18. The van der Waals surface area contributed by atoms with Crippen LogP contribution in [0.3, 0.4) is 0 Å². The van der Waals surface area contributed by atoms with Gasteiger partial charge in [0, 0.05) is 0 Å². The van der Waals surface area contributed by atoms with Gasteiger partial charge in [-0.15, -0.1) is 0 Å². The van der Waals surface area contributed by atoms with Crippen LogP contribution < -0.4 is 5.32 Å². The highest BCUT2D eigenvalue weighted by Crippen LogP contribution is 2.34. The molecule has 0 aromatic carbocycles. The Balaban J connectivity index is 2.40. The zero-order valence-corrected chi connectivity index (χ0v) is 5.68. The lowest BCUT2D eigenvalue weighted by atomic mass is 10.3. The number of alkyl carbamates (subject to hydrolysis) is 1. The molecule has 1 rings (SSSR count). The average molecular weight is 140 g/mol. The number of nitrogens with one attached hydrogen (secondary N) is 1. The van der Waals surface area contributed by atoms with Crippen LogP contribution in [0.2, 0.25) is 0 Å². The van der Waals surface area contributed by atoms with Crippen molar-refractivity contribution in [2.24, 2.45) is 0 Å². The molecule has 1 aliphatic carbocycles. The lowest BCUT2D eigenvalue weighted by molar-refractivity contribution is 0.168. The molecule has 1 N–H and O–H groups in total. The highest BCUT2D eigenvalue weighted by molar-refractivity contribution is 5.69. The number of nitriles is 1. The average Bonchev–Trinajstić information content (AvgIpc) is 2.70. The fourth-order valence-corrected chi connectivity index (χ4v) is 0.636. The van der Waals surface area contributed by atoms with E-state index in [2.05, 4.69) is 10.1 Å². The Morgan fingerprint density at radius 2 is 2.40 bits per heavy atom. The van der Waals surface area contributed by atoms with Crippen LogP contribution in [-0.2, 0) is 4.74 Å². The van der Waals surface area contributed by atoms with E-state index in [0.717, 1.165) is 12.8 Å². The van der Waals surface area contributed by atoms with Crippen molar-refractivity contribution in [2.75, 3.05) is 7.11 Å². The second-order valence-corrected chi connectivity index (χ2v) is 2.31. The Hall–Kier alpha value is -1.24. The summed E-state index contributed by atoms with van der Waals surface area (Å²) in [5.74, 6) is 0. The summed E-state index contributed by atoms with van der Waals surface area (Å²) in [5.41, 5.74) is -0.604. The van der Waals surface area contributed by atoms with E-state index < -0.39 is 11.6 Å². The van der Waals surface area contributed by atoms with E-state index in [-0.39, 0.29) is 0 Å². The van der Waals surface area contributed by atoms with Crippen LogP contribution in [0.1, 0.15) is 12.8 Å². The first-order valence-corrected chi connectivity index (χ1v) is 3.00. The van der Waals surface area contributed by atoms with E-state index in [1.807, 2.05) is 6.07 Å². The zero-order chi connectivity index (χ0) is 7.61. The van der Waals surface area contributed by atoms with Gasteiger partial charge in [-0.1, -0.05) is 0 Å². The number of methoxy groups -OCH3 is 1. The highest BCUT2D eigenvalue weighted by atomic mass is 16.5. The van der Waals surface area contributed by atoms with Gasteiger partial charge in [-0.05, 0) is 12.8 Å². The lowest BCUT2D eigenvalue weighted by Crippen LogP contribution is -2.35. The number of hydrogen-bond acceptors (Lipinski definition) is 3. The smallest absolute Gasteiger partial charge is 0.408 e. The molecule has 0 aliphatic heterocycles. The molecular formula is C6H8N2O2. The second-order valence-electron chi connectivity index (χ2n) is 2.31. The standard InChI is InChI=1S/C6H8N2O2/c1-10-5(9)8-6(4-7)2-3-6/h2-3H2,1H3,(H,8,9). The summed E-state index contributed by atoms with van der Waals surface area (Å²) in [5, 5.41) is 10.9. The van der Waals surface area contributed by atoms with Gasteiger partial charge < -0.3 is 10.1 Å². The van der Waals surface area contributed by atoms with Gasteiger partial charge in [0.25, 0.3) is 0 Å². The molecule has 0 aromatic rings. The quantitative estimate of drug-likeness (QED) is 0.573. The van der Waals surface area contributed by atoms with Crippen molar-refractivity contribution in [2.45, 2.75) is 18.4 Å². The Bertz CT molecular complexity index is 190. The summed E-state index contributed by atoms with van der Waals surface area (Å²) in [4.78, 5) is 10.5. The molecule has 54 valence electrons. The van der Waals surface area contributed by atoms with Crippen molar-refractivity contribution in [3.8, 4) is 6.07 Å². The van der Waals surface area contributed by atoms with Gasteiger partial charge in [0.1, 0.15) is 5.54 Å². The van der Waals surface area contributed by atoms with Crippen LogP contribution in [-0.4, -0.2) is 18.7 Å². The molecule has 1 aliphatic rings. The predicted molar refractivity (Wildman–Crippen MR) is 33.1 cm³/mol. The fraction of sp³-hybridized carbons (Fsp3) is 0.667. The van der Waals surface area contributed by atoms with Crippen molar-refractivity contribution < 1.29 is 9.53 Å². The summed E-state index contributed by atoms with van der Waals surface area (Å²) >= 11 is 0. The maximum Gasteiger partial charge on any atom is 0.408 e. The molecule has 0 heterocycles. The minimum Gasteiger partial charge on any atom is -0.453 e. The Kier molecular flexibility index (Phi) is 1.50. The highest BCUT2D eigenvalue weighted by Gasteiger charge is 2.44. The lowest BCUT2D eigenvalue weighted by Gasteiger charge is -2.05. The van der Waals surface area contributed by atoms with Crippen LogP contribution >= 0.6 is 0 Å². The molecule has 4 heteroatoms. The molecule has 0 unspecified atom stereocenters. The predicted octanol–water partition coefficient (Wildman–Crippen LogP) is 0.399. The van der Waals surface area contributed by atoms with Gasteiger partial charge in [-0.3, -0.25) is 0 Å². The van der Waals surface area contributed by atoms with E-state index in [1.54, 1.807) is 0 Å². The van der Waals surface area contributed by atoms with E-state index >= 15 is 0 Å². The third-order valence-electron chi connectivity index (χ3n) is 1.49. The van der Waals surface area contributed by atoms with Crippen LogP contribution in [0.15, 0.2) is 0 Å². The van der Waals surface area contributed by atoms with Crippen molar-refractivity contribution in [3.05, 3.63) is 0 Å². The Morgan fingerprint density at radius 1 is 1.80 bits per heavy atom. The number of nitrogens with zero attached hydrogens (tertiary/aromatic N) is 1. The number of ether oxygens (including phenoxy) is 1. The maximum atomic E-state index is 10.5. The fourth-order valence-electron chi connectivity index (χ4n) is 0.636. The largest absolute Gasteiger partial charge is 0.453 e. The van der Waals surface area contributed by atoms with E-state index in [4.69, 9.17) is 5.26 Å². The van der Waals surface area contributed by atoms with E-state index in [0.29, 0.717) is 0 Å². The van der Waals surface area contributed by atoms with E-state index in [1.165, 1.54) is 7.11 Å². The monoisotopic (exact) mass is 140 g/mol. The van der Waals surface area contributed by atoms with Crippen LogP contribution in [0, 0.1) is 11.3 Å². The molecule has 0 saturated heterocycles. The van der Waals surface area contributed by atoms with Gasteiger partial charge in [0.05, 0.1) is 13.2 Å². The molecule has 4 nitrogen and oxygen atoms in total. The van der Waals surface area contributed by atoms with Gasteiger partial charge >= 0.3 is 6.09 Å². The first-order chi connectivity index (χ1) is 4.72. The normalized spacial score (nSPS) is 18.8. The van der Waals surface area contributed by atoms with Gasteiger partial charge in [0.2, 0.25) is 0 Å². The number of rotatable bonds is 1. The molecule has 0 aromatic heterocycles. The molecular weight excluding hydrogens is 132 g/mol. The van der Waals surface area contributed by atoms with Gasteiger partial charge in [-0.2, -0.15) is 5.26 Å². The third kappa shape index (κ3) is 1.18. The number of hydrogen-bond donors (Lipinski definition) is 1. The van der Waals surface area contributed by atoms with E-state index in [9.17, 15) is 4.79 Å². The molecule has 1 fully saturated rings. The Morgan fingerprint density at radius 3 is 2.70 bits per heavy atom. The minimum atomic E-state index is -0.604. The summed E-state index contributed by atoms with van der Waals surface area (Å²) in [6.07, 6.45) is 0.941. The number of carbonyl (C=O) groups is 1. The molecule has 0 atom stereocenters. The van der Waals surface area contributed by atoms with Crippen molar-refractivity contribution in [1.29, 1.82) is 5.26 Å². The van der Waals surface area contributed by atoms with Crippen LogP contribution in [0.4, 0.5) is 4.79 Å². The first-order valence-electron chi connectivity index (χ1n) is 3.00. The third-order valence-corrected chi connectivity index (χ3v) is 1.49. The molecule has 1 amide bonds. The van der Waals surface area contributed by atoms with Crippen molar-refractivity contribution in [1.82, 2.24) is 5.32 Å².